The van der Waals surface area contributed by atoms with E-state index in [1.807, 2.05) is 24.3 Å². The molecule has 0 aliphatic rings. The normalized spacial score (nSPS) is 10.1. The molecule has 0 radical (unpaired) electrons. The fraction of sp³-hybridized carbons (Fsp3) is 0.0714. The lowest BCUT2D eigenvalue weighted by molar-refractivity contribution is 0.102. The first-order valence-corrected chi connectivity index (χ1v) is 6.50. The maximum atomic E-state index is 12.0. The third kappa shape index (κ3) is 3.01. The first-order chi connectivity index (χ1) is 8.56. The molecule has 0 saturated carbocycles. The van der Waals surface area contributed by atoms with Crippen molar-refractivity contribution in [3.63, 3.8) is 0 Å². The van der Waals surface area contributed by atoms with Crippen LogP contribution in [0, 0.1) is 10.5 Å². The van der Waals surface area contributed by atoms with Gasteiger partial charge >= 0.3 is 0 Å². The number of amides is 1. The molecule has 0 aromatic heterocycles. The molecule has 0 saturated heterocycles. The number of nitrogens with one attached hydrogen (secondary N) is 1. The summed E-state index contributed by atoms with van der Waals surface area (Å²) in [5.74, 6) is 0.0147. The zero-order chi connectivity index (χ0) is 13.1. The maximum absolute atomic E-state index is 12.0. The van der Waals surface area contributed by atoms with Crippen LogP contribution in [0.1, 0.15) is 15.9 Å². The molecule has 0 aliphatic heterocycles. The number of carbonyl (C=O) groups excluding carboxylic acids is 1. The molecular weight excluding hydrogens is 341 g/mol. The van der Waals surface area contributed by atoms with Crippen molar-refractivity contribution in [2.24, 2.45) is 0 Å². The number of phenols is 1. The summed E-state index contributed by atoms with van der Waals surface area (Å²) in [6.07, 6.45) is 0. The van der Waals surface area contributed by atoms with E-state index in [0.29, 0.717) is 11.1 Å². The fourth-order valence-electron chi connectivity index (χ4n) is 1.57. The standard InChI is InChI=1S/C14H12INO2/c1-9-7-10(5-6-13(9)17)14(18)16-12-4-2-3-11(15)8-12/h2-8,17H,1H3,(H,16,18). The van der Waals surface area contributed by atoms with E-state index in [2.05, 4.69) is 27.9 Å². The summed E-state index contributed by atoms with van der Waals surface area (Å²) in [4.78, 5) is 12.0. The number of hydrogen-bond donors (Lipinski definition) is 2. The molecule has 92 valence electrons. The zero-order valence-corrected chi connectivity index (χ0v) is 11.9. The number of phenolic OH excluding ortho intramolecular Hbond substituents is 1. The van der Waals surface area contributed by atoms with E-state index in [1.54, 1.807) is 19.1 Å². The van der Waals surface area contributed by atoms with Gasteiger partial charge in [-0.05, 0) is 71.5 Å². The van der Waals surface area contributed by atoms with Gasteiger partial charge < -0.3 is 10.4 Å². The second-order valence-electron chi connectivity index (χ2n) is 3.97. The van der Waals surface area contributed by atoms with E-state index in [-0.39, 0.29) is 11.7 Å². The molecule has 18 heavy (non-hydrogen) atoms. The SMILES string of the molecule is Cc1cc(C(=O)Nc2cccc(I)c2)ccc1O. The number of aryl methyl sites for hydroxylation is 1. The molecule has 0 aliphatic carbocycles. The lowest BCUT2D eigenvalue weighted by Gasteiger charge is -2.07. The molecule has 1 amide bonds. The van der Waals surface area contributed by atoms with Crippen LogP contribution >= 0.6 is 22.6 Å². The first kappa shape index (κ1) is 12.9. The molecule has 2 N–H and O–H groups in total. The van der Waals surface area contributed by atoms with Crippen LogP contribution < -0.4 is 5.32 Å². The van der Waals surface area contributed by atoms with Crippen molar-refractivity contribution in [3.8, 4) is 5.75 Å². The lowest BCUT2D eigenvalue weighted by atomic mass is 10.1. The van der Waals surface area contributed by atoms with Gasteiger partial charge in [0.25, 0.3) is 5.91 Å². The van der Waals surface area contributed by atoms with Gasteiger partial charge in [0.1, 0.15) is 5.75 Å². The predicted molar refractivity (Wildman–Crippen MR) is 80.0 cm³/mol. The second kappa shape index (κ2) is 5.39. The molecule has 4 heteroatoms. The first-order valence-electron chi connectivity index (χ1n) is 5.43. The molecule has 0 bridgehead atoms. The van der Waals surface area contributed by atoms with Gasteiger partial charge in [-0.3, -0.25) is 4.79 Å². The molecular formula is C14H12INO2. The van der Waals surface area contributed by atoms with Crippen LogP contribution in [0.4, 0.5) is 5.69 Å². The molecule has 0 spiro atoms. The van der Waals surface area contributed by atoms with E-state index in [0.717, 1.165) is 9.26 Å². The molecule has 0 fully saturated rings. The van der Waals surface area contributed by atoms with E-state index in [4.69, 9.17) is 0 Å². The van der Waals surface area contributed by atoms with Crippen LogP contribution in [0.15, 0.2) is 42.5 Å². The van der Waals surface area contributed by atoms with Crippen LogP contribution in [0.25, 0.3) is 0 Å². The van der Waals surface area contributed by atoms with Gasteiger partial charge in [-0.15, -0.1) is 0 Å². The fourth-order valence-corrected chi connectivity index (χ4v) is 2.11. The average Bonchev–Trinajstić information content (AvgIpc) is 2.32. The van der Waals surface area contributed by atoms with E-state index >= 15 is 0 Å². The van der Waals surface area contributed by atoms with Crippen LogP contribution in [-0.4, -0.2) is 11.0 Å². The van der Waals surface area contributed by atoms with Gasteiger partial charge in [0.05, 0.1) is 0 Å². The van der Waals surface area contributed by atoms with Crippen molar-refractivity contribution in [2.45, 2.75) is 6.92 Å². The highest BCUT2D eigenvalue weighted by molar-refractivity contribution is 14.1. The Balaban J connectivity index is 2.19. The summed E-state index contributed by atoms with van der Waals surface area (Å²) in [5, 5.41) is 12.2. The smallest absolute Gasteiger partial charge is 0.255 e. The number of halogens is 1. The van der Waals surface area contributed by atoms with Crippen LogP contribution in [-0.2, 0) is 0 Å². The van der Waals surface area contributed by atoms with Crippen LogP contribution in [0.2, 0.25) is 0 Å². The highest BCUT2D eigenvalue weighted by Crippen LogP contribution is 2.18. The summed E-state index contributed by atoms with van der Waals surface area (Å²) >= 11 is 2.19. The minimum absolute atomic E-state index is 0.180. The third-order valence-electron chi connectivity index (χ3n) is 2.54. The van der Waals surface area contributed by atoms with Gasteiger partial charge in [-0.25, -0.2) is 0 Å². The summed E-state index contributed by atoms with van der Waals surface area (Å²) in [5.41, 5.74) is 1.98. The minimum Gasteiger partial charge on any atom is -0.508 e. The summed E-state index contributed by atoms with van der Waals surface area (Å²) < 4.78 is 1.06. The summed E-state index contributed by atoms with van der Waals surface area (Å²) in [7, 11) is 0. The van der Waals surface area contributed by atoms with Gasteiger partial charge in [0.2, 0.25) is 0 Å². The van der Waals surface area contributed by atoms with Crippen LogP contribution in [0.5, 0.6) is 5.75 Å². The Morgan fingerprint density at radius 2 is 2.00 bits per heavy atom. The molecule has 2 aromatic rings. The molecule has 3 nitrogen and oxygen atoms in total. The van der Waals surface area contributed by atoms with Crippen molar-refractivity contribution in [2.75, 3.05) is 5.32 Å². The number of rotatable bonds is 2. The number of carbonyl (C=O) groups is 1. The van der Waals surface area contributed by atoms with Crippen molar-refractivity contribution < 1.29 is 9.90 Å². The van der Waals surface area contributed by atoms with Gasteiger partial charge in [0, 0.05) is 14.8 Å². The van der Waals surface area contributed by atoms with Crippen LogP contribution in [0.3, 0.4) is 0 Å². The second-order valence-corrected chi connectivity index (χ2v) is 5.21. The topological polar surface area (TPSA) is 49.3 Å². The number of benzene rings is 2. The number of hydrogen-bond acceptors (Lipinski definition) is 2. The van der Waals surface area contributed by atoms with Crippen molar-refractivity contribution in [1.29, 1.82) is 0 Å². The van der Waals surface area contributed by atoms with E-state index < -0.39 is 0 Å². The Bertz CT molecular complexity index is 596. The Labute approximate surface area is 119 Å². The zero-order valence-electron chi connectivity index (χ0n) is 9.77. The van der Waals surface area contributed by atoms with Gasteiger partial charge in [-0.2, -0.15) is 0 Å². The Morgan fingerprint density at radius 1 is 1.22 bits per heavy atom. The van der Waals surface area contributed by atoms with Gasteiger partial charge in [0.15, 0.2) is 0 Å². The molecule has 2 rings (SSSR count). The minimum atomic E-state index is -0.180. The highest BCUT2D eigenvalue weighted by Gasteiger charge is 2.07. The molecule has 0 heterocycles. The molecule has 0 atom stereocenters. The Morgan fingerprint density at radius 3 is 2.67 bits per heavy atom. The number of aromatic hydroxyl groups is 1. The molecule has 2 aromatic carbocycles. The van der Waals surface area contributed by atoms with Crippen molar-refractivity contribution in [1.82, 2.24) is 0 Å². The quantitative estimate of drug-likeness (QED) is 0.812. The Hall–Kier alpha value is -1.56. The Kier molecular flexibility index (Phi) is 3.86. The highest BCUT2D eigenvalue weighted by atomic mass is 127. The summed E-state index contributed by atoms with van der Waals surface area (Å²) in [6.45, 7) is 1.76. The lowest BCUT2D eigenvalue weighted by Crippen LogP contribution is -2.11. The number of anilines is 1. The summed E-state index contributed by atoms with van der Waals surface area (Å²) in [6, 6.07) is 12.4. The van der Waals surface area contributed by atoms with E-state index in [9.17, 15) is 9.90 Å². The van der Waals surface area contributed by atoms with E-state index in [1.165, 1.54) is 6.07 Å². The van der Waals surface area contributed by atoms with Crippen molar-refractivity contribution in [3.05, 3.63) is 57.2 Å². The third-order valence-corrected chi connectivity index (χ3v) is 3.21. The average molecular weight is 353 g/mol. The van der Waals surface area contributed by atoms with Crippen molar-refractivity contribution >= 4 is 34.2 Å². The maximum Gasteiger partial charge on any atom is 0.255 e. The largest absolute Gasteiger partial charge is 0.508 e. The predicted octanol–water partition coefficient (Wildman–Crippen LogP) is 3.56. The van der Waals surface area contributed by atoms with Gasteiger partial charge in [-0.1, -0.05) is 6.07 Å². The monoisotopic (exact) mass is 353 g/mol. The molecule has 0 unspecified atom stereocenters.